The molecule has 49 heavy (non-hydrogen) atoms. The van der Waals surface area contributed by atoms with E-state index in [-0.39, 0.29) is 49.1 Å². The van der Waals surface area contributed by atoms with Gasteiger partial charge in [0.2, 0.25) is 0 Å². The standard InChI is InChI=1S/C16H12F3NO5.C16H14F3NO4/c17-16(18,19)12-4-1-10(2-5-12)11-3-6-13(20(23)24)14(9-11)25-8-7-15(21)22;17-16(18,19)13-5-2-11(3-6-13)12-4-7-14(20(22)23)15(10-12)24-9-1-8-21/h1-6,9H,7-8H2,(H,21,22);2-7,10,21H,1,8-9H2. The average Bonchev–Trinajstić information content (AvgIpc) is 3.04. The van der Waals surface area contributed by atoms with Crippen LogP contribution in [-0.4, -0.2) is 45.8 Å². The number of halogens is 6. The van der Waals surface area contributed by atoms with Crippen LogP contribution in [0.3, 0.4) is 0 Å². The van der Waals surface area contributed by atoms with Crippen molar-refractivity contribution in [2.24, 2.45) is 0 Å². The first kappa shape index (κ1) is 37.7. The maximum atomic E-state index is 12.6. The van der Waals surface area contributed by atoms with Gasteiger partial charge in [-0.1, -0.05) is 24.3 Å². The first-order valence-electron chi connectivity index (χ1n) is 14.0. The molecule has 0 aliphatic heterocycles. The van der Waals surface area contributed by atoms with Crippen LogP contribution in [0.5, 0.6) is 11.5 Å². The minimum atomic E-state index is -4.46. The lowest BCUT2D eigenvalue weighted by molar-refractivity contribution is -0.386. The Hall–Kier alpha value is -5.71. The van der Waals surface area contributed by atoms with E-state index in [9.17, 15) is 51.4 Å². The van der Waals surface area contributed by atoms with Crippen molar-refractivity contribution in [3.63, 3.8) is 0 Å². The number of carboxylic acid groups (broad SMARTS) is 1. The molecule has 0 amide bonds. The molecule has 4 aromatic carbocycles. The highest BCUT2D eigenvalue weighted by atomic mass is 19.4. The first-order valence-corrected chi connectivity index (χ1v) is 14.0. The van der Waals surface area contributed by atoms with Gasteiger partial charge in [-0.05, 0) is 70.8 Å². The zero-order valence-corrected chi connectivity index (χ0v) is 25.0. The van der Waals surface area contributed by atoms with Gasteiger partial charge >= 0.3 is 29.7 Å². The van der Waals surface area contributed by atoms with E-state index >= 15 is 0 Å². The molecule has 260 valence electrons. The van der Waals surface area contributed by atoms with Crippen LogP contribution >= 0.6 is 0 Å². The summed E-state index contributed by atoms with van der Waals surface area (Å²) in [4.78, 5) is 31.2. The van der Waals surface area contributed by atoms with Gasteiger partial charge in [0, 0.05) is 25.2 Å². The maximum Gasteiger partial charge on any atom is 0.416 e. The Balaban J connectivity index is 0.000000266. The van der Waals surface area contributed by atoms with Crippen molar-refractivity contribution in [1.82, 2.24) is 0 Å². The summed E-state index contributed by atoms with van der Waals surface area (Å²) in [5.74, 6) is -1.27. The fraction of sp³-hybridized carbons (Fsp3) is 0.219. The van der Waals surface area contributed by atoms with Gasteiger partial charge in [0.05, 0.1) is 40.6 Å². The van der Waals surface area contributed by atoms with Crippen molar-refractivity contribution in [2.75, 3.05) is 19.8 Å². The van der Waals surface area contributed by atoms with Crippen molar-refractivity contribution in [3.05, 3.63) is 116 Å². The molecule has 0 aromatic heterocycles. The van der Waals surface area contributed by atoms with Gasteiger partial charge in [-0.2, -0.15) is 26.3 Å². The summed E-state index contributed by atoms with van der Waals surface area (Å²) >= 11 is 0. The number of carbonyl (C=O) groups is 1. The minimum Gasteiger partial charge on any atom is -0.487 e. The zero-order chi connectivity index (χ0) is 36.4. The lowest BCUT2D eigenvalue weighted by Crippen LogP contribution is -2.06. The highest BCUT2D eigenvalue weighted by Gasteiger charge is 2.31. The number of ether oxygens (including phenoxy) is 2. The first-order chi connectivity index (χ1) is 23.0. The van der Waals surface area contributed by atoms with Crippen molar-refractivity contribution in [1.29, 1.82) is 0 Å². The fourth-order valence-electron chi connectivity index (χ4n) is 4.12. The van der Waals surface area contributed by atoms with Crippen molar-refractivity contribution in [3.8, 4) is 33.8 Å². The SMILES string of the molecule is O=C(O)CCOc1cc(-c2ccc(C(F)(F)F)cc2)ccc1[N+](=O)[O-].O=[N+]([O-])c1ccc(-c2ccc(C(F)(F)F)cc2)cc1OCCCO. The van der Waals surface area contributed by atoms with E-state index in [2.05, 4.69) is 0 Å². The van der Waals surface area contributed by atoms with Gasteiger partial charge < -0.3 is 19.7 Å². The Morgan fingerprint density at radius 3 is 1.33 bits per heavy atom. The Labute approximate surface area is 273 Å². The Bertz CT molecular complexity index is 1760. The summed E-state index contributed by atoms with van der Waals surface area (Å²) in [6.07, 6.45) is -8.92. The maximum absolute atomic E-state index is 12.6. The van der Waals surface area contributed by atoms with Gasteiger partial charge in [0.1, 0.15) is 0 Å². The summed E-state index contributed by atoms with van der Waals surface area (Å²) in [6, 6.07) is 16.7. The molecule has 0 radical (unpaired) electrons. The molecule has 0 heterocycles. The summed E-state index contributed by atoms with van der Waals surface area (Å²) in [6.45, 7) is -0.299. The average molecular weight is 697 g/mol. The number of rotatable bonds is 12. The highest BCUT2D eigenvalue weighted by molar-refractivity contribution is 5.70. The van der Waals surface area contributed by atoms with E-state index in [1.807, 2.05) is 0 Å². The van der Waals surface area contributed by atoms with E-state index in [0.29, 0.717) is 28.7 Å². The summed E-state index contributed by atoms with van der Waals surface area (Å²) in [7, 11) is 0. The van der Waals surface area contributed by atoms with E-state index in [1.165, 1.54) is 54.6 Å². The molecule has 0 bridgehead atoms. The lowest BCUT2D eigenvalue weighted by atomic mass is 10.0. The molecule has 0 spiro atoms. The molecule has 0 saturated heterocycles. The smallest absolute Gasteiger partial charge is 0.416 e. The second-order valence-corrected chi connectivity index (χ2v) is 9.95. The Morgan fingerprint density at radius 2 is 1.00 bits per heavy atom. The van der Waals surface area contributed by atoms with Crippen molar-refractivity contribution >= 4 is 17.3 Å². The number of aliphatic hydroxyl groups is 1. The van der Waals surface area contributed by atoms with E-state index in [1.54, 1.807) is 0 Å². The van der Waals surface area contributed by atoms with Gasteiger partial charge in [-0.25, -0.2) is 0 Å². The predicted octanol–water partition coefficient (Wildman–Crippen LogP) is 8.18. The molecule has 0 unspecified atom stereocenters. The monoisotopic (exact) mass is 696 g/mol. The molecule has 17 heteroatoms. The summed E-state index contributed by atoms with van der Waals surface area (Å²) < 4.78 is 86.0. The van der Waals surface area contributed by atoms with Crippen LogP contribution in [0.25, 0.3) is 22.3 Å². The molecule has 4 rings (SSSR count). The highest BCUT2D eigenvalue weighted by Crippen LogP contribution is 2.36. The number of nitrogens with zero attached hydrogens (tertiary/aromatic N) is 2. The summed E-state index contributed by atoms with van der Waals surface area (Å²) in [5.41, 5.74) is -0.401. The summed E-state index contributed by atoms with van der Waals surface area (Å²) in [5, 5.41) is 39.3. The number of alkyl halides is 6. The van der Waals surface area contributed by atoms with E-state index in [4.69, 9.17) is 19.7 Å². The fourth-order valence-corrected chi connectivity index (χ4v) is 4.12. The number of hydrogen-bond donors (Lipinski definition) is 2. The number of carboxylic acids is 1. The van der Waals surface area contributed by atoms with Crippen LogP contribution < -0.4 is 9.47 Å². The number of nitro groups is 2. The number of aliphatic hydroxyl groups excluding tert-OH is 1. The van der Waals surface area contributed by atoms with Crippen LogP contribution in [0, 0.1) is 20.2 Å². The van der Waals surface area contributed by atoms with Gasteiger partial charge in [-0.15, -0.1) is 0 Å². The van der Waals surface area contributed by atoms with Gasteiger partial charge in [-0.3, -0.25) is 25.0 Å². The van der Waals surface area contributed by atoms with E-state index in [0.717, 1.165) is 30.3 Å². The topological polar surface area (TPSA) is 162 Å². The molecule has 4 aromatic rings. The molecule has 2 N–H and O–H groups in total. The van der Waals surface area contributed by atoms with E-state index < -0.39 is 39.3 Å². The number of benzene rings is 4. The Morgan fingerprint density at radius 1 is 0.633 bits per heavy atom. The van der Waals surface area contributed by atoms with Crippen LogP contribution in [0.4, 0.5) is 37.7 Å². The van der Waals surface area contributed by atoms with Crippen LogP contribution in [0.1, 0.15) is 24.0 Å². The largest absolute Gasteiger partial charge is 0.487 e. The molecular formula is C32H26F6N2O9. The molecule has 0 saturated carbocycles. The molecule has 0 aliphatic carbocycles. The third-order valence-corrected chi connectivity index (χ3v) is 6.54. The van der Waals surface area contributed by atoms with Crippen molar-refractivity contribution in [2.45, 2.75) is 25.2 Å². The normalized spacial score (nSPS) is 11.2. The molecule has 0 aliphatic rings. The van der Waals surface area contributed by atoms with Crippen molar-refractivity contribution < 1.29 is 60.7 Å². The third kappa shape index (κ3) is 10.9. The second-order valence-electron chi connectivity index (χ2n) is 9.95. The minimum absolute atomic E-state index is 0.00541. The third-order valence-electron chi connectivity index (χ3n) is 6.54. The van der Waals surface area contributed by atoms with Gasteiger partial charge in [0.25, 0.3) is 0 Å². The second kappa shape index (κ2) is 16.4. The Kier molecular flexibility index (Phi) is 12.6. The molecule has 0 atom stereocenters. The quantitative estimate of drug-likeness (QED) is 0.0644. The molecule has 11 nitrogen and oxygen atoms in total. The lowest BCUT2D eigenvalue weighted by Gasteiger charge is -2.10. The van der Waals surface area contributed by atoms with Crippen LogP contribution in [0.2, 0.25) is 0 Å². The number of nitro benzene ring substituents is 2. The molecule has 0 fully saturated rings. The number of hydrogen-bond acceptors (Lipinski definition) is 8. The van der Waals surface area contributed by atoms with Gasteiger partial charge in [0.15, 0.2) is 11.5 Å². The molecular weight excluding hydrogens is 670 g/mol. The number of aliphatic carboxylic acids is 1. The predicted molar refractivity (Wildman–Crippen MR) is 162 cm³/mol. The van der Waals surface area contributed by atoms with Crippen LogP contribution in [-0.2, 0) is 17.1 Å². The van der Waals surface area contributed by atoms with Crippen LogP contribution in [0.15, 0.2) is 84.9 Å². The zero-order valence-electron chi connectivity index (χ0n) is 25.0.